The van der Waals surface area contributed by atoms with Crippen LogP contribution in [-0.4, -0.2) is 32.6 Å². The normalized spacial score (nSPS) is 15.0. The van der Waals surface area contributed by atoms with Gasteiger partial charge in [-0.1, -0.05) is 79.3 Å². The van der Waals surface area contributed by atoms with Crippen LogP contribution in [0.4, 0.5) is 0 Å². The lowest BCUT2D eigenvalue weighted by atomic mass is 10.2. The molecule has 2 heterocycles. The van der Waals surface area contributed by atoms with E-state index in [0.29, 0.717) is 10.3 Å². The minimum atomic E-state index is -0.594. The summed E-state index contributed by atoms with van der Waals surface area (Å²) in [5.41, 5.74) is 5.50. The highest BCUT2D eigenvalue weighted by molar-refractivity contribution is 7.72. The van der Waals surface area contributed by atoms with Crippen LogP contribution in [-0.2, 0) is 0 Å². The summed E-state index contributed by atoms with van der Waals surface area (Å²) in [7, 11) is -0.730. The zero-order chi connectivity index (χ0) is 21.1. The molecule has 1 aliphatic carbocycles. The van der Waals surface area contributed by atoms with Crippen molar-refractivity contribution in [3.63, 3.8) is 0 Å². The van der Waals surface area contributed by atoms with E-state index < -0.39 is 7.92 Å². The third-order valence-corrected chi connectivity index (χ3v) is 11.5. The fourth-order valence-electron chi connectivity index (χ4n) is 4.07. The second kappa shape index (κ2) is 9.20. The van der Waals surface area contributed by atoms with Gasteiger partial charge in [0, 0.05) is 26.5 Å². The van der Waals surface area contributed by atoms with Gasteiger partial charge in [0.25, 0.3) is 0 Å². The van der Waals surface area contributed by atoms with Crippen molar-refractivity contribution >= 4 is 26.7 Å². The minimum Gasteiger partial charge on any atom is -0.256 e. The topological polar surface area (TPSA) is 25.8 Å². The molecule has 0 spiro atoms. The molecule has 0 bridgehead atoms. The number of rotatable bonds is 6. The molecule has 1 aliphatic rings. The Bertz CT molecular complexity index is 806. The first-order valence-electron chi connectivity index (χ1n) is 10.4. The molecule has 0 fully saturated rings. The molecular formula is C25H34N2P2. The second-order valence-electron chi connectivity index (χ2n) is 9.63. The first-order chi connectivity index (χ1) is 13.7. The maximum absolute atomic E-state index is 4.71. The van der Waals surface area contributed by atoms with Gasteiger partial charge < -0.3 is 0 Å². The van der Waals surface area contributed by atoms with Gasteiger partial charge in [-0.05, 0) is 52.7 Å². The fourth-order valence-corrected chi connectivity index (χ4v) is 9.92. The fraction of sp³-hybridized carbons (Fsp3) is 0.440. The molecule has 3 rings (SSSR count). The molecule has 0 N–H and O–H groups in total. The molecule has 4 heteroatoms. The molecule has 0 amide bonds. The van der Waals surface area contributed by atoms with E-state index in [4.69, 9.17) is 9.97 Å². The maximum atomic E-state index is 4.71. The van der Waals surface area contributed by atoms with Crippen molar-refractivity contribution in [3.8, 4) is 0 Å². The molecule has 154 valence electrons. The number of nitrogens with zero attached hydrogens (tertiary/aromatic N) is 2. The molecule has 29 heavy (non-hydrogen) atoms. The smallest absolute Gasteiger partial charge is 0.0695 e. The van der Waals surface area contributed by atoms with E-state index in [1.165, 1.54) is 22.6 Å². The van der Waals surface area contributed by atoms with E-state index in [9.17, 15) is 0 Å². The van der Waals surface area contributed by atoms with Crippen molar-refractivity contribution in [1.29, 1.82) is 0 Å². The Balaban J connectivity index is 1.93. The summed E-state index contributed by atoms with van der Waals surface area (Å²) in [5.74, 6) is 0. The molecule has 0 aliphatic heterocycles. The molecular weight excluding hydrogens is 390 g/mol. The first-order valence-corrected chi connectivity index (χ1v) is 13.5. The lowest BCUT2D eigenvalue weighted by Crippen LogP contribution is -2.27. The molecule has 0 unspecified atom stereocenters. The van der Waals surface area contributed by atoms with Crippen LogP contribution in [0.15, 0.2) is 72.1 Å². The monoisotopic (exact) mass is 424 g/mol. The third-order valence-electron chi connectivity index (χ3n) is 5.29. The number of hydrogen-bond donors (Lipinski definition) is 0. The third kappa shape index (κ3) is 5.84. The van der Waals surface area contributed by atoms with E-state index in [1.54, 1.807) is 5.57 Å². The molecule has 0 saturated heterocycles. The summed E-state index contributed by atoms with van der Waals surface area (Å²) in [6, 6.07) is 12.5. The van der Waals surface area contributed by atoms with E-state index in [-0.39, 0.29) is 7.92 Å². The van der Waals surface area contributed by atoms with Crippen LogP contribution in [0, 0.1) is 0 Å². The summed E-state index contributed by atoms with van der Waals surface area (Å²) >= 11 is 0. The van der Waals surface area contributed by atoms with E-state index in [0.717, 1.165) is 12.6 Å². The van der Waals surface area contributed by atoms with Crippen LogP contribution >= 0.6 is 15.8 Å². The van der Waals surface area contributed by atoms with Crippen LogP contribution in [0.2, 0.25) is 0 Å². The predicted molar refractivity (Wildman–Crippen MR) is 132 cm³/mol. The van der Waals surface area contributed by atoms with Crippen molar-refractivity contribution in [2.45, 2.75) is 58.3 Å². The summed E-state index contributed by atoms with van der Waals surface area (Å²) in [5, 5.41) is 0.696. The van der Waals surface area contributed by atoms with Gasteiger partial charge in [-0.2, -0.15) is 0 Å². The van der Waals surface area contributed by atoms with Crippen molar-refractivity contribution in [1.82, 2.24) is 9.97 Å². The Morgan fingerprint density at radius 2 is 1.34 bits per heavy atom. The van der Waals surface area contributed by atoms with Gasteiger partial charge >= 0.3 is 0 Å². The Hall–Kier alpha value is -1.36. The van der Waals surface area contributed by atoms with Crippen molar-refractivity contribution in [3.05, 3.63) is 72.1 Å². The predicted octanol–water partition coefficient (Wildman–Crippen LogP) is 6.24. The van der Waals surface area contributed by atoms with Gasteiger partial charge in [0.1, 0.15) is 0 Å². The van der Waals surface area contributed by atoms with Gasteiger partial charge in [-0.15, -0.1) is 0 Å². The summed E-state index contributed by atoms with van der Waals surface area (Å²) in [6.45, 7) is 14.5. The Kier molecular flexibility index (Phi) is 7.08. The standard InChI is InChI=1S/C25H34N2P2/c1-24(2,3)29(25(4,5)6)19-21-13-11-12-20(21)18-28(22-14-7-9-16-26-22)23-15-8-10-17-27-23/h7-12,14-17H,13,18-19H2,1-6H3. The van der Waals surface area contributed by atoms with Crippen LogP contribution < -0.4 is 10.9 Å². The molecule has 0 saturated carbocycles. The van der Waals surface area contributed by atoms with Gasteiger partial charge in [-0.25, -0.2) is 0 Å². The average molecular weight is 425 g/mol. The SMILES string of the molecule is CC(C)(C)P(CC1=C(CP(c2ccccn2)c2ccccn2)C=CC1)C(C)(C)C. The van der Waals surface area contributed by atoms with E-state index in [2.05, 4.69) is 78.0 Å². The Labute approximate surface area is 179 Å². The lowest BCUT2D eigenvalue weighted by Gasteiger charge is -2.42. The highest BCUT2D eigenvalue weighted by atomic mass is 31.1. The summed E-state index contributed by atoms with van der Waals surface area (Å²) in [4.78, 5) is 9.42. The largest absolute Gasteiger partial charge is 0.256 e. The average Bonchev–Trinajstić information content (AvgIpc) is 3.11. The maximum Gasteiger partial charge on any atom is 0.0695 e. The molecule has 2 nitrogen and oxygen atoms in total. The zero-order valence-corrected chi connectivity index (χ0v) is 20.5. The number of pyridine rings is 2. The van der Waals surface area contributed by atoms with Gasteiger partial charge in [-0.3, -0.25) is 9.97 Å². The Morgan fingerprint density at radius 1 is 0.793 bits per heavy atom. The van der Waals surface area contributed by atoms with Crippen LogP contribution in [0.5, 0.6) is 0 Å². The van der Waals surface area contributed by atoms with Gasteiger partial charge in [0.15, 0.2) is 0 Å². The number of aromatic nitrogens is 2. The Morgan fingerprint density at radius 3 is 1.79 bits per heavy atom. The molecule has 0 atom stereocenters. The number of allylic oxidation sites excluding steroid dienone is 4. The molecule has 2 aromatic heterocycles. The molecule has 0 radical (unpaired) electrons. The summed E-state index contributed by atoms with van der Waals surface area (Å²) < 4.78 is 0. The zero-order valence-electron chi connectivity index (χ0n) is 18.7. The highest BCUT2D eigenvalue weighted by Gasteiger charge is 2.35. The van der Waals surface area contributed by atoms with Crippen LogP contribution in [0.3, 0.4) is 0 Å². The van der Waals surface area contributed by atoms with Crippen molar-refractivity contribution in [2.24, 2.45) is 0 Å². The van der Waals surface area contributed by atoms with E-state index >= 15 is 0 Å². The highest BCUT2D eigenvalue weighted by Crippen LogP contribution is 2.60. The van der Waals surface area contributed by atoms with Crippen molar-refractivity contribution in [2.75, 3.05) is 12.3 Å². The summed E-state index contributed by atoms with van der Waals surface area (Å²) in [6.07, 6.45) is 11.9. The van der Waals surface area contributed by atoms with Crippen molar-refractivity contribution < 1.29 is 0 Å². The quantitative estimate of drug-likeness (QED) is 0.513. The first kappa shape index (κ1) is 22.3. The molecule has 2 aromatic rings. The lowest BCUT2D eigenvalue weighted by molar-refractivity contribution is 0.705. The minimum absolute atomic E-state index is 0.136. The van der Waals surface area contributed by atoms with Crippen LogP contribution in [0.1, 0.15) is 48.0 Å². The van der Waals surface area contributed by atoms with Gasteiger partial charge in [0.05, 0.1) is 10.9 Å². The van der Waals surface area contributed by atoms with E-state index in [1.807, 2.05) is 24.5 Å². The second-order valence-corrected chi connectivity index (χ2v) is 15.6. The number of hydrogen-bond acceptors (Lipinski definition) is 2. The van der Waals surface area contributed by atoms with Crippen LogP contribution in [0.25, 0.3) is 0 Å². The van der Waals surface area contributed by atoms with Gasteiger partial charge in [0.2, 0.25) is 0 Å². The molecule has 0 aromatic carbocycles.